The summed E-state index contributed by atoms with van der Waals surface area (Å²) in [5.41, 5.74) is 2.11. The van der Waals surface area contributed by atoms with E-state index in [9.17, 15) is 14.7 Å². The van der Waals surface area contributed by atoms with Crippen molar-refractivity contribution in [3.8, 4) is 0 Å². The fourth-order valence-electron chi connectivity index (χ4n) is 4.40. The highest BCUT2D eigenvalue weighted by molar-refractivity contribution is 5.89. The van der Waals surface area contributed by atoms with E-state index >= 15 is 0 Å². The highest BCUT2D eigenvalue weighted by Gasteiger charge is 2.37. The van der Waals surface area contributed by atoms with Crippen molar-refractivity contribution in [1.82, 2.24) is 14.8 Å². The van der Waals surface area contributed by atoms with Gasteiger partial charge in [0.05, 0.1) is 23.1 Å². The number of aromatic nitrogens is 1. The van der Waals surface area contributed by atoms with Gasteiger partial charge in [-0.15, -0.1) is 0 Å². The molecule has 164 valence electrons. The van der Waals surface area contributed by atoms with Crippen molar-refractivity contribution in [1.29, 1.82) is 0 Å². The average molecular weight is 424 g/mol. The smallest absolute Gasteiger partial charge is 0.408 e. The molecule has 0 aliphatic carbocycles. The van der Waals surface area contributed by atoms with Crippen molar-refractivity contribution < 1.29 is 14.3 Å². The molecule has 2 atom stereocenters. The number of fused-ring (bicyclic) bond motifs is 1. The second-order valence-corrected chi connectivity index (χ2v) is 8.90. The Morgan fingerprint density at radius 1 is 1.29 bits per heavy atom. The molecule has 7 heteroatoms. The number of nitrogens with one attached hydrogen (secondary N) is 1. The first-order valence-electron chi connectivity index (χ1n) is 10.6. The van der Waals surface area contributed by atoms with E-state index in [1.807, 2.05) is 62.2 Å². The van der Waals surface area contributed by atoms with Gasteiger partial charge in [0, 0.05) is 26.7 Å². The summed E-state index contributed by atoms with van der Waals surface area (Å²) in [5.74, 6) is -0.531. The van der Waals surface area contributed by atoms with Gasteiger partial charge in [0.15, 0.2) is 5.58 Å². The molecule has 4 rings (SSSR count). The number of rotatable bonds is 6. The number of aliphatic hydroxyl groups excluding tert-OH is 1. The van der Waals surface area contributed by atoms with E-state index in [0.29, 0.717) is 24.2 Å². The van der Waals surface area contributed by atoms with Crippen LogP contribution in [0.5, 0.6) is 0 Å². The molecular weight excluding hydrogens is 394 g/mol. The Hall–Kier alpha value is -2.90. The summed E-state index contributed by atoms with van der Waals surface area (Å²) in [6.07, 6.45) is 0.450. The molecule has 7 nitrogen and oxygen atoms in total. The van der Waals surface area contributed by atoms with Crippen LogP contribution in [0.4, 0.5) is 0 Å². The first-order chi connectivity index (χ1) is 14.8. The molecule has 31 heavy (non-hydrogen) atoms. The van der Waals surface area contributed by atoms with Crippen molar-refractivity contribution in [2.75, 3.05) is 26.7 Å². The maximum Gasteiger partial charge on any atom is 0.417 e. The van der Waals surface area contributed by atoms with Gasteiger partial charge in [-0.1, -0.05) is 36.4 Å². The van der Waals surface area contributed by atoms with Crippen molar-refractivity contribution >= 4 is 17.0 Å². The topological polar surface area (TPSA) is 89.8 Å². The summed E-state index contributed by atoms with van der Waals surface area (Å²) < 4.78 is 5.09. The largest absolute Gasteiger partial charge is 0.417 e. The number of β-amino-alcohol motifs (C(OH)–C–C–N with tert-alkyl or cyclic N) is 1. The number of H-pyrrole nitrogens is 1. The van der Waals surface area contributed by atoms with E-state index in [1.165, 1.54) is 0 Å². The van der Waals surface area contributed by atoms with Crippen molar-refractivity contribution in [3.05, 3.63) is 70.2 Å². The lowest BCUT2D eigenvalue weighted by molar-refractivity contribution is -0.137. The summed E-state index contributed by atoms with van der Waals surface area (Å²) >= 11 is 0. The molecule has 1 saturated heterocycles. The molecule has 0 saturated carbocycles. The van der Waals surface area contributed by atoms with E-state index in [0.717, 1.165) is 24.1 Å². The average Bonchev–Trinajstić information content (AvgIpc) is 3.34. The number of benzene rings is 2. The molecule has 1 aliphatic rings. The zero-order valence-electron chi connectivity index (χ0n) is 18.2. The van der Waals surface area contributed by atoms with E-state index in [-0.39, 0.29) is 18.1 Å². The van der Waals surface area contributed by atoms with Crippen LogP contribution in [0.3, 0.4) is 0 Å². The lowest BCUT2D eigenvalue weighted by Gasteiger charge is -2.37. The number of carbonyl (C=O) groups excluding carboxylic acids is 1. The van der Waals surface area contributed by atoms with Gasteiger partial charge in [-0.25, -0.2) is 4.79 Å². The van der Waals surface area contributed by atoms with E-state index in [4.69, 9.17) is 4.42 Å². The zero-order chi connectivity index (χ0) is 22.2. The second kappa shape index (κ2) is 8.32. The minimum atomic E-state index is -0.811. The van der Waals surface area contributed by atoms with Crippen LogP contribution in [0, 0.1) is 0 Å². The summed E-state index contributed by atoms with van der Waals surface area (Å²) in [6.45, 7) is 5.90. The SMILES string of the molecule is CN(C(=O)C(C)(C)c1ccc2oc(=O)[nH]c2c1)[C@H](CN1CCC(O)C1)c1ccccc1. The number of likely N-dealkylation sites (N-methyl/N-ethyl adjacent to an activating group) is 1. The first-order valence-corrected chi connectivity index (χ1v) is 10.6. The fourth-order valence-corrected chi connectivity index (χ4v) is 4.40. The van der Waals surface area contributed by atoms with Crippen LogP contribution < -0.4 is 5.76 Å². The summed E-state index contributed by atoms with van der Waals surface area (Å²) in [5, 5.41) is 9.94. The Labute approximate surface area is 181 Å². The lowest BCUT2D eigenvalue weighted by atomic mass is 9.82. The van der Waals surface area contributed by atoms with Gasteiger partial charge in [-0.2, -0.15) is 0 Å². The Morgan fingerprint density at radius 3 is 2.71 bits per heavy atom. The second-order valence-electron chi connectivity index (χ2n) is 8.90. The molecule has 1 unspecified atom stereocenters. The van der Waals surface area contributed by atoms with Crippen molar-refractivity contribution in [3.63, 3.8) is 0 Å². The van der Waals surface area contributed by atoms with Gasteiger partial charge in [-0.05, 0) is 43.5 Å². The van der Waals surface area contributed by atoms with Crippen LogP contribution in [0.15, 0.2) is 57.7 Å². The molecule has 2 N–H and O–H groups in total. The number of aliphatic hydroxyl groups is 1. The van der Waals surface area contributed by atoms with Crippen LogP contribution in [-0.2, 0) is 10.2 Å². The van der Waals surface area contributed by atoms with E-state index < -0.39 is 11.2 Å². The Balaban J connectivity index is 1.63. The molecule has 1 amide bonds. The molecule has 1 aliphatic heterocycles. The van der Waals surface area contributed by atoms with Crippen LogP contribution in [0.2, 0.25) is 0 Å². The molecular formula is C24H29N3O4. The summed E-state index contributed by atoms with van der Waals surface area (Å²) in [4.78, 5) is 31.9. The quantitative estimate of drug-likeness (QED) is 0.636. The lowest BCUT2D eigenvalue weighted by Crippen LogP contribution is -2.46. The number of amides is 1. The number of likely N-dealkylation sites (tertiary alicyclic amines) is 1. The van der Waals surface area contributed by atoms with Gasteiger partial charge in [-0.3, -0.25) is 14.7 Å². The number of hydrogen-bond acceptors (Lipinski definition) is 5. The molecule has 0 bridgehead atoms. The van der Waals surface area contributed by atoms with Crippen LogP contribution in [-0.4, -0.2) is 58.6 Å². The van der Waals surface area contributed by atoms with Gasteiger partial charge in [0.2, 0.25) is 5.91 Å². The summed E-state index contributed by atoms with van der Waals surface area (Å²) in [6, 6.07) is 15.2. The summed E-state index contributed by atoms with van der Waals surface area (Å²) in [7, 11) is 1.84. The number of aromatic amines is 1. The Bertz CT molecular complexity index is 1120. The molecule has 2 aromatic carbocycles. The minimum Gasteiger partial charge on any atom is -0.408 e. The highest BCUT2D eigenvalue weighted by Crippen LogP contribution is 2.32. The number of hydrogen-bond donors (Lipinski definition) is 2. The molecule has 0 radical (unpaired) electrons. The molecule has 0 spiro atoms. The molecule has 1 aromatic heterocycles. The van der Waals surface area contributed by atoms with E-state index in [1.54, 1.807) is 12.1 Å². The van der Waals surface area contributed by atoms with Crippen LogP contribution >= 0.6 is 0 Å². The monoisotopic (exact) mass is 423 g/mol. The maximum atomic E-state index is 13.7. The van der Waals surface area contributed by atoms with Gasteiger partial charge in [0.25, 0.3) is 0 Å². The molecule has 3 aromatic rings. The normalized spacial score (nSPS) is 18.4. The van der Waals surface area contributed by atoms with E-state index in [2.05, 4.69) is 9.88 Å². The fraction of sp³-hybridized carbons (Fsp3) is 0.417. The van der Waals surface area contributed by atoms with Gasteiger partial charge in [0.1, 0.15) is 0 Å². The van der Waals surface area contributed by atoms with Crippen molar-refractivity contribution in [2.24, 2.45) is 0 Å². The van der Waals surface area contributed by atoms with Gasteiger partial charge >= 0.3 is 5.76 Å². The zero-order valence-corrected chi connectivity index (χ0v) is 18.2. The standard InChI is InChI=1S/C24H29N3O4/c1-24(2,17-9-10-21-19(13-17)25-23(30)31-21)22(29)26(3)20(16-7-5-4-6-8-16)15-27-12-11-18(28)14-27/h4-10,13,18,20,28H,11-12,14-15H2,1-3H3,(H,25,30)/t18?,20-/m1/s1. The highest BCUT2D eigenvalue weighted by atomic mass is 16.4. The third-order valence-corrected chi connectivity index (χ3v) is 6.33. The Kier molecular flexibility index (Phi) is 5.73. The molecule has 2 heterocycles. The first kappa shape index (κ1) is 21.3. The predicted octanol–water partition coefficient (Wildman–Crippen LogP) is 2.67. The number of carbonyl (C=O) groups is 1. The minimum absolute atomic E-state index is 0.0220. The maximum absolute atomic E-state index is 13.7. The van der Waals surface area contributed by atoms with Crippen molar-refractivity contribution in [2.45, 2.75) is 37.8 Å². The predicted molar refractivity (Wildman–Crippen MR) is 119 cm³/mol. The number of nitrogens with zero attached hydrogens (tertiary/aromatic N) is 2. The third kappa shape index (κ3) is 4.29. The number of oxazole rings is 1. The molecule has 1 fully saturated rings. The Morgan fingerprint density at radius 2 is 2.03 bits per heavy atom. The van der Waals surface area contributed by atoms with Crippen LogP contribution in [0.25, 0.3) is 11.1 Å². The third-order valence-electron chi connectivity index (χ3n) is 6.33. The van der Waals surface area contributed by atoms with Crippen LogP contribution in [0.1, 0.15) is 37.4 Å². The van der Waals surface area contributed by atoms with Gasteiger partial charge < -0.3 is 14.4 Å².